The molecule has 0 aromatic carbocycles. The Morgan fingerprint density at radius 3 is 2.88 bits per heavy atom. The highest BCUT2D eigenvalue weighted by Gasteiger charge is 2.24. The molecule has 3 nitrogen and oxygen atoms in total. The molecule has 1 atom stereocenters. The minimum Gasteiger partial charge on any atom is -0.389 e. The summed E-state index contributed by atoms with van der Waals surface area (Å²) in [5, 5.41) is 11.6. The number of fused-ring (bicyclic) bond motifs is 1. The maximum atomic E-state index is 10.5. The zero-order valence-corrected chi connectivity index (χ0v) is 10.5. The van der Waals surface area contributed by atoms with E-state index in [4.69, 9.17) is 0 Å². The summed E-state index contributed by atoms with van der Waals surface area (Å²) < 4.78 is 0. The van der Waals surface area contributed by atoms with Gasteiger partial charge in [0, 0.05) is 23.7 Å². The predicted molar refractivity (Wildman–Crippen MR) is 69.9 cm³/mol. The lowest BCUT2D eigenvalue weighted by molar-refractivity contribution is 0.0263. The van der Waals surface area contributed by atoms with E-state index in [1.54, 1.807) is 6.20 Å². The van der Waals surface area contributed by atoms with Gasteiger partial charge in [0.15, 0.2) is 0 Å². The van der Waals surface area contributed by atoms with Crippen LogP contribution in [0.25, 0.3) is 10.9 Å². The molecule has 17 heavy (non-hydrogen) atoms. The average molecular weight is 232 g/mol. The van der Waals surface area contributed by atoms with Gasteiger partial charge < -0.3 is 10.1 Å². The highest BCUT2D eigenvalue weighted by molar-refractivity contribution is 5.79. The molecule has 2 aromatic heterocycles. The molecule has 1 unspecified atom stereocenters. The van der Waals surface area contributed by atoms with E-state index in [0.29, 0.717) is 6.42 Å². The molecule has 2 rings (SSSR count). The van der Waals surface area contributed by atoms with Crippen molar-refractivity contribution < 1.29 is 5.11 Å². The molecule has 0 aliphatic heterocycles. The van der Waals surface area contributed by atoms with Gasteiger partial charge in [0.25, 0.3) is 0 Å². The molecule has 2 heterocycles. The predicted octanol–water partition coefficient (Wildman–Crippen LogP) is 3.05. The molecule has 0 aliphatic carbocycles. The molecule has 0 fully saturated rings. The van der Waals surface area contributed by atoms with Crippen molar-refractivity contribution in [2.75, 3.05) is 0 Å². The van der Waals surface area contributed by atoms with Gasteiger partial charge in [-0.2, -0.15) is 0 Å². The van der Waals surface area contributed by atoms with E-state index >= 15 is 0 Å². The summed E-state index contributed by atoms with van der Waals surface area (Å²) in [4.78, 5) is 7.41. The van der Waals surface area contributed by atoms with Gasteiger partial charge in [0.2, 0.25) is 0 Å². The summed E-state index contributed by atoms with van der Waals surface area (Å²) in [6, 6.07) is 4.09. The third kappa shape index (κ3) is 2.67. The van der Waals surface area contributed by atoms with E-state index in [1.165, 1.54) is 0 Å². The van der Waals surface area contributed by atoms with Crippen LogP contribution < -0.4 is 0 Å². The lowest BCUT2D eigenvalue weighted by Crippen LogP contribution is -2.30. The normalized spacial score (nSPS) is 15.0. The van der Waals surface area contributed by atoms with Crippen LogP contribution in [0.4, 0.5) is 0 Å². The van der Waals surface area contributed by atoms with Crippen LogP contribution in [0.3, 0.4) is 0 Å². The summed E-state index contributed by atoms with van der Waals surface area (Å²) in [6.07, 6.45) is 6.94. The van der Waals surface area contributed by atoms with Crippen molar-refractivity contribution in [2.24, 2.45) is 0 Å². The van der Waals surface area contributed by atoms with Crippen molar-refractivity contribution in [3.05, 3.63) is 30.2 Å². The summed E-state index contributed by atoms with van der Waals surface area (Å²) in [7, 11) is 0. The third-order valence-electron chi connectivity index (χ3n) is 3.37. The second kappa shape index (κ2) is 4.88. The molecular weight excluding hydrogens is 212 g/mol. The summed E-state index contributed by atoms with van der Waals surface area (Å²) in [5.74, 6) is 0. The van der Waals surface area contributed by atoms with Crippen LogP contribution in [0, 0.1) is 0 Å². The molecule has 0 aliphatic rings. The van der Waals surface area contributed by atoms with E-state index in [2.05, 4.69) is 23.0 Å². The molecule has 2 N–H and O–H groups in total. The fourth-order valence-corrected chi connectivity index (χ4v) is 2.34. The quantitative estimate of drug-likeness (QED) is 0.832. The van der Waals surface area contributed by atoms with Crippen molar-refractivity contribution in [1.82, 2.24) is 9.97 Å². The topological polar surface area (TPSA) is 48.9 Å². The van der Waals surface area contributed by atoms with Gasteiger partial charge in [-0.1, -0.05) is 20.3 Å². The van der Waals surface area contributed by atoms with E-state index in [0.717, 1.165) is 35.9 Å². The lowest BCUT2D eigenvalue weighted by atomic mass is 9.90. The number of H-pyrrole nitrogens is 1. The number of aliphatic hydroxyl groups is 1. The number of aromatic nitrogens is 2. The molecule has 92 valence electrons. The van der Waals surface area contributed by atoms with Crippen LogP contribution in [-0.2, 0) is 6.42 Å². The van der Waals surface area contributed by atoms with E-state index in [1.807, 2.05) is 19.2 Å². The van der Waals surface area contributed by atoms with Crippen molar-refractivity contribution in [2.45, 2.75) is 45.1 Å². The number of aromatic amines is 1. The van der Waals surface area contributed by atoms with Crippen molar-refractivity contribution in [3.8, 4) is 0 Å². The zero-order valence-electron chi connectivity index (χ0n) is 10.5. The zero-order chi connectivity index (χ0) is 12.3. The monoisotopic (exact) mass is 232 g/mol. The number of hydrogen-bond donors (Lipinski definition) is 2. The Balaban J connectivity index is 2.22. The van der Waals surface area contributed by atoms with Crippen LogP contribution in [-0.4, -0.2) is 20.7 Å². The molecule has 0 amide bonds. The Labute approximate surface area is 102 Å². The fourth-order valence-electron chi connectivity index (χ4n) is 2.34. The van der Waals surface area contributed by atoms with Gasteiger partial charge in [-0.15, -0.1) is 0 Å². The first-order chi connectivity index (χ1) is 8.17. The number of rotatable bonds is 5. The SMILES string of the molecule is CCCC(O)(CC)Cc1cc2ccncc2[nH]1. The molecule has 0 bridgehead atoms. The van der Waals surface area contributed by atoms with Gasteiger partial charge in [0.1, 0.15) is 0 Å². The molecule has 2 aromatic rings. The van der Waals surface area contributed by atoms with Crippen LogP contribution in [0.15, 0.2) is 24.5 Å². The molecule has 0 spiro atoms. The molecule has 0 radical (unpaired) electrons. The second-order valence-electron chi connectivity index (χ2n) is 4.76. The average Bonchev–Trinajstić information content (AvgIpc) is 2.71. The minimum absolute atomic E-state index is 0.580. The number of hydrogen-bond acceptors (Lipinski definition) is 2. The number of nitrogens with zero attached hydrogens (tertiary/aromatic N) is 1. The first kappa shape index (κ1) is 12.1. The number of nitrogens with one attached hydrogen (secondary N) is 1. The van der Waals surface area contributed by atoms with Crippen molar-refractivity contribution in [3.63, 3.8) is 0 Å². The lowest BCUT2D eigenvalue weighted by Gasteiger charge is -2.25. The van der Waals surface area contributed by atoms with Crippen LogP contribution in [0.5, 0.6) is 0 Å². The Bertz CT molecular complexity index is 459. The Morgan fingerprint density at radius 1 is 1.41 bits per heavy atom. The van der Waals surface area contributed by atoms with E-state index in [-0.39, 0.29) is 0 Å². The van der Waals surface area contributed by atoms with Crippen LogP contribution in [0.2, 0.25) is 0 Å². The molecule has 0 saturated carbocycles. The van der Waals surface area contributed by atoms with E-state index < -0.39 is 5.60 Å². The first-order valence-corrected chi connectivity index (χ1v) is 6.31. The molecule has 3 heteroatoms. The van der Waals surface area contributed by atoms with Crippen molar-refractivity contribution in [1.29, 1.82) is 0 Å². The fraction of sp³-hybridized carbons (Fsp3) is 0.500. The highest BCUT2D eigenvalue weighted by Crippen LogP contribution is 2.24. The Morgan fingerprint density at radius 2 is 2.24 bits per heavy atom. The summed E-state index contributed by atoms with van der Waals surface area (Å²) >= 11 is 0. The smallest absolute Gasteiger partial charge is 0.0699 e. The highest BCUT2D eigenvalue weighted by atomic mass is 16.3. The van der Waals surface area contributed by atoms with Gasteiger partial charge in [-0.25, -0.2) is 0 Å². The van der Waals surface area contributed by atoms with Crippen molar-refractivity contribution >= 4 is 10.9 Å². The number of pyridine rings is 1. The maximum absolute atomic E-state index is 10.5. The van der Waals surface area contributed by atoms with Gasteiger partial charge in [0.05, 0.1) is 17.3 Å². The Hall–Kier alpha value is -1.35. The van der Waals surface area contributed by atoms with Gasteiger partial charge in [-0.05, 0) is 25.0 Å². The maximum Gasteiger partial charge on any atom is 0.0699 e. The standard InChI is InChI=1S/C14H20N2O/c1-3-6-14(17,4-2)9-12-8-11-5-7-15-10-13(11)16-12/h5,7-8,10,16-17H,3-4,6,9H2,1-2H3. The minimum atomic E-state index is -0.580. The third-order valence-corrected chi connectivity index (χ3v) is 3.37. The van der Waals surface area contributed by atoms with Gasteiger partial charge >= 0.3 is 0 Å². The van der Waals surface area contributed by atoms with E-state index in [9.17, 15) is 5.11 Å². The summed E-state index contributed by atoms with van der Waals surface area (Å²) in [5.41, 5.74) is 1.55. The van der Waals surface area contributed by atoms with Crippen LogP contribution >= 0.6 is 0 Å². The Kier molecular flexibility index (Phi) is 3.48. The largest absolute Gasteiger partial charge is 0.389 e. The summed E-state index contributed by atoms with van der Waals surface area (Å²) in [6.45, 7) is 4.15. The molecular formula is C14H20N2O. The molecule has 0 saturated heterocycles. The first-order valence-electron chi connectivity index (χ1n) is 6.31. The van der Waals surface area contributed by atoms with Gasteiger partial charge in [-0.3, -0.25) is 4.98 Å². The second-order valence-corrected chi connectivity index (χ2v) is 4.76. The van der Waals surface area contributed by atoms with Crippen LogP contribution in [0.1, 0.15) is 38.8 Å².